The van der Waals surface area contributed by atoms with E-state index in [4.69, 9.17) is 10.5 Å². The van der Waals surface area contributed by atoms with Crippen LogP contribution in [0.2, 0.25) is 0 Å². The largest absolute Gasteiger partial charge is 0.481 e. The molecular formula is C11H13N5O. The van der Waals surface area contributed by atoms with Crippen LogP contribution in [0.1, 0.15) is 5.56 Å². The number of rotatable bonds is 4. The van der Waals surface area contributed by atoms with Crippen LogP contribution < -0.4 is 15.8 Å². The van der Waals surface area contributed by atoms with Crippen molar-refractivity contribution in [3.05, 3.63) is 36.2 Å². The van der Waals surface area contributed by atoms with Crippen molar-refractivity contribution in [2.24, 2.45) is 0 Å². The zero-order valence-electron chi connectivity index (χ0n) is 9.42. The normalized spacial score (nSPS) is 9.94. The molecule has 2 aromatic heterocycles. The second kappa shape index (κ2) is 5.11. The van der Waals surface area contributed by atoms with Gasteiger partial charge in [0.15, 0.2) is 0 Å². The van der Waals surface area contributed by atoms with Crippen LogP contribution in [0.5, 0.6) is 5.88 Å². The van der Waals surface area contributed by atoms with Gasteiger partial charge in [0.05, 0.1) is 7.11 Å². The van der Waals surface area contributed by atoms with Gasteiger partial charge in [-0.3, -0.25) is 0 Å². The first-order valence-corrected chi connectivity index (χ1v) is 5.10. The minimum atomic E-state index is 0.431. The molecular weight excluding hydrogens is 218 g/mol. The molecule has 0 atom stereocenters. The van der Waals surface area contributed by atoms with Crippen LogP contribution in [-0.4, -0.2) is 22.1 Å². The Hall–Kier alpha value is -2.37. The van der Waals surface area contributed by atoms with E-state index in [1.807, 2.05) is 12.1 Å². The average Bonchev–Trinajstić information content (AvgIpc) is 2.37. The van der Waals surface area contributed by atoms with Crippen LogP contribution in [-0.2, 0) is 6.54 Å². The second-order valence-corrected chi connectivity index (χ2v) is 3.33. The minimum absolute atomic E-state index is 0.431. The molecule has 0 aromatic carbocycles. The van der Waals surface area contributed by atoms with Crippen LogP contribution in [0.25, 0.3) is 0 Å². The van der Waals surface area contributed by atoms with E-state index < -0.39 is 0 Å². The number of nitrogen functional groups attached to an aromatic ring is 1. The number of hydrogen-bond acceptors (Lipinski definition) is 6. The lowest BCUT2D eigenvalue weighted by atomic mass is 10.3. The van der Waals surface area contributed by atoms with E-state index >= 15 is 0 Å². The van der Waals surface area contributed by atoms with Crippen molar-refractivity contribution in [1.82, 2.24) is 15.0 Å². The molecule has 0 radical (unpaired) electrons. The number of hydrogen-bond donors (Lipinski definition) is 2. The van der Waals surface area contributed by atoms with Gasteiger partial charge in [0, 0.05) is 24.5 Å². The lowest BCUT2D eigenvalue weighted by molar-refractivity contribution is 0.393. The zero-order valence-corrected chi connectivity index (χ0v) is 9.42. The van der Waals surface area contributed by atoms with E-state index in [0.29, 0.717) is 24.2 Å². The molecule has 0 aliphatic rings. The van der Waals surface area contributed by atoms with E-state index in [2.05, 4.69) is 20.3 Å². The first kappa shape index (κ1) is 11.1. The Labute approximate surface area is 98.9 Å². The highest BCUT2D eigenvalue weighted by Gasteiger charge is 2.03. The maximum absolute atomic E-state index is 5.56. The highest BCUT2D eigenvalue weighted by atomic mass is 16.5. The Balaban J connectivity index is 2.07. The van der Waals surface area contributed by atoms with Crippen molar-refractivity contribution >= 4 is 11.8 Å². The molecule has 0 saturated heterocycles. The molecule has 3 N–H and O–H groups in total. The van der Waals surface area contributed by atoms with E-state index in [0.717, 1.165) is 5.56 Å². The molecule has 0 amide bonds. The lowest BCUT2D eigenvalue weighted by Crippen LogP contribution is -2.06. The Kier molecular flexibility index (Phi) is 3.34. The summed E-state index contributed by atoms with van der Waals surface area (Å²) < 4.78 is 5.14. The van der Waals surface area contributed by atoms with E-state index in [-0.39, 0.29) is 0 Å². The molecule has 0 aliphatic heterocycles. The summed E-state index contributed by atoms with van der Waals surface area (Å²) in [7, 11) is 1.59. The Morgan fingerprint density at radius 2 is 2.18 bits per heavy atom. The van der Waals surface area contributed by atoms with E-state index in [1.165, 1.54) is 0 Å². The summed E-state index contributed by atoms with van der Waals surface area (Å²) in [5, 5.41) is 3.05. The number of pyridine rings is 1. The van der Waals surface area contributed by atoms with Crippen LogP contribution in [0, 0.1) is 0 Å². The lowest BCUT2D eigenvalue weighted by Gasteiger charge is -2.08. The standard InChI is InChI=1S/C11H13N5O/c1-17-10-8(3-2-5-13-10)7-15-11-14-6-4-9(12)16-11/h2-6H,7H2,1H3,(H3,12,14,15,16). The third kappa shape index (κ3) is 2.81. The molecule has 2 heterocycles. The summed E-state index contributed by atoms with van der Waals surface area (Å²) in [4.78, 5) is 12.2. The fourth-order valence-electron chi connectivity index (χ4n) is 1.37. The molecule has 0 fully saturated rings. The molecule has 6 nitrogen and oxygen atoms in total. The number of nitrogens with zero attached hydrogens (tertiary/aromatic N) is 3. The van der Waals surface area contributed by atoms with Gasteiger partial charge in [-0.1, -0.05) is 6.07 Å². The first-order chi connectivity index (χ1) is 8.29. The Morgan fingerprint density at radius 3 is 2.94 bits per heavy atom. The van der Waals surface area contributed by atoms with E-state index in [9.17, 15) is 0 Å². The van der Waals surface area contributed by atoms with Crippen molar-refractivity contribution in [2.45, 2.75) is 6.54 Å². The smallest absolute Gasteiger partial charge is 0.224 e. The third-order valence-corrected chi connectivity index (χ3v) is 2.16. The molecule has 2 aromatic rings. The minimum Gasteiger partial charge on any atom is -0.481 e. The Morgan fingerprint density at radius 1 is 1.29 bits per heavy atom. The highest BCUT2D eigenvalue weighted by molar-refractivity contribution is 5.37. The van der Waals surface area contributed by atoms with Crippen molar-refractivity contribution in [3.63, 3.8) is 0 Å². The summed E-state index contributed by atoms with van der Waals surface area (Å²) >= 11 is 0. The van der Waals surface area contributed by atoms with Gasteiger partial charge < -0.3 is 15.8 Å². The number of nitrogens with one attached hydrogen (secondary N) is 1. The zero-order chi connectivity index (χ0) is 12.1. The van der Waals surface area contributed by atoms with Gasteiger partial charge in [-0.25, -0.2) is 9.97 Å². The van der Waals surface area contributed by atoms with Crippen molar-refractivity contribution in [1.29, 1.82) is 0 Å². The fraction of sp³-hybridized carbons (Fsp3) is 0.182. The maximum Gasteiger partial charge on any atom is 0.224 e. The van der Waals surface area contributed by atoms with Gasteiger partial charge in [0.25, 0.3) is 0 Å². The van der Waals surface area contributed by atoms with Crippen LogP contribution in [0.4, 0.5) is 11.8 Å². The van der Waals surface area contributed by atoms with Gasteiger partial charge in [-0.2, -0.15) is 4.98 Å². The fourth-order valence-corrected chi connectivity index (χ4v) is 1.37. The summed E-state index contributed by atoms with van der Waals surface area (Å²) in [5.41, 5.74) is 6.49. The predicted molar refractivity (Wildman–Crippen MR) is 64.6 cm³/mol. The van der Waals surface area contributed by atoms with Crippen LogP contribution >= 0.6 is 0 Å². The summed E-state index contributed by atoms with van der Waals surface area (Å²) in [6.07, 6.45) is 3.28. The third-order valence-electron chi connectivity index (χ3n) is 2.16. The maximum atomic E-state index is 5.56. The number of nitrogens with two attached hydrogens (primary N) is 1. The van der Waals surface area contributed by atoms with Gasteiger partial charge in [0.2, 0.25) is 11.8 Å². The average molecular weight is 231 g/mol. The van der Waals surface area contributed by atoms with Gasteiger partial charge in [-0.05, 0) is 12.1 Å². The van der Waals surface area contributed by atoms with Gasteiger partial charge in [-0.15, -0.1) is 0 Å². The Bertz CT molecular complexity index is 503. The summed E-state index contributed by atoms with van der Waals surface area (Å²) in [6, 6.07) is 5.40. The van der Waals surface area contributed by atoms with Crippen LogP contribution in [0.15, 0.2) is 30.6 Å². The van der Waals surface area contributed by atoms with E-state index in [1.54, 1.807) is 25.6 Å². The quantitative estimate of drug-likeness (QED) is 0.818. The SMILES string of the molecule is COc1ncccc1CNc1nccc(N)n1. The topological polar surface area (TPSA) is 86.0 Å². The first-order valence-electron chi connectivity index (χ1n) is 5.10. The summed E-state index contributed by atoms with van der Waals surface area (Å²) in [5.74, 6) is 1.50. The molecule has 0 saturated carbocycles. The molecule has 2 rings (SSSR count). The number of ether oxygens (including phenoxy) is 1. The highest BCUT2D eigenvalue weighted by Crippen LogP contribution is 2.14. The molecule has 0 bridgehead atoms. The molecule has 0 unspecified atom stereocenters. The molecule has 17 heavy (non-hydrogen) atoms. The monoisotopic (exact) mass is 231 g/mol. The van der Waals surface area contributed by atoms with Gasteiger partial charge in [0.1, 0.15) is 5.82 Å². The number of methoxy groups -OCH3 is 1. The molecule has 88 valence electrons. The van der Waals surface area contributed by atoms with Crippen molar-refractivity contribution in [2.75, 3.05) is 18.2 Å². The number of anilines is 2. The number of aromatic nitrogens is 3. The van der Waals surface area contributed by atoms with Crippen LogP contribution in [0.3, 0.4) is 0 Å². The molecule has 0 aliphatic carbocycles. The van der Waals surface area contributed by atoms with Crippen molar-refractivity contribution < 1.29 is 4.74 Å². The molecule has 6 heteroatoms. The predicted octanol–water partition coefficient (Wildman–Crippen LogP) is 1.07. The summed E-state index contributed by atoms with van der Waals surface area (Å²) in [6.45, 7) is 0.528. The molecule has 0 spiro atoms. The second-order valence-electron chi connectivity index (χ2n) is 3.33. The van der Waals surface area contributed by atoms with Crippen molar-refractivity contribution in [3.8, 4) is 5.88 Å². The van der Waals surface area contributed by atoms with Gasteiger partial charge >= 0.3 is 0 Å².